The Morgan fingerprint density at radius 3 is 2.90 bits per heavy atom. The highest BCUT2D eigenvalue weighted by molar-refractivity contribution is 5.82. The molecule has 4 aliphatic rings. The van der Waals surface area contributed by atoms with Gasteiger partial charge in [-0.1, -0.05) is 6.92 Å². The van der Waals surface area contributed by atoms with Crippen molar-refractivity contribution in [3.05, 3.63) is 22.4 Å². The monoisotopic (exact) mass is 419 g/mol. The number of nitrogens with zero attached hydrogens (tertiary/aromatic N) is 2. The first-order chi connectivity index (χ1) is 14.5. The van der Waals surface area contributed by atoms with Gasteiger partial charge in [0.05, 0.1) is 11.7 Å². The van der Waals surface area contributed by atoms with Gasteiger partial charge in [-0.15, -0.1) is 0 Å². The molecule has 3 heterocycles. The molecular formula is C22H34FN5O2. The van der Waals surface area contributed by atoms with Crippen molar-refractivity contribution in [2.45, 2.75) is 95.3 Å². The summed E-state index contributed by atoms with van der Waals surface area (Å²) < 4.78 is 16.2. The molecule has 3 N–H and O–H groups in total. The quantitative estimate of drug-likeness (QED) is 0.694. The number of alkyl halides is 1. The number of hydrogen-bond donors (Lipinski definition) is 3. The van der Waals surface area contributed by atoms with E-state index in [4.69, 9.17) is 0 Å². The lowest BCUT2D eigenvalue weighted by atomic mass is 9.77. The van der Waals surface area contributed by atoms with E-state index in [-0.39, 0.29) is 35.6 Å². The molecule has 0 spiro atoms. The van der Waals surface area contributed by atoms with Crippen molar-refractivity contribution in [3.8, 4) is 0 Å². The minimum Gasteiger partial charge on any atom is -0.352 e. The van der Waals surface area contributed by atoms with E-state index in [0.29, 0.717) is 24.8 Å². The molecule has 5 unspecified atom stereocenters. The molecule has 30 heavy (non-hydrogen) atoms. The highest BCUT2D eigenvalue weighted by atomic mass is 19.1. The third kappa shape index (κ3) is 3.73. The molecule has 0 aromatic carbocycles. The summed E-state index contributed by atoms with van der Waals surface area (Å²) in [5, 5.41) is 6.73. The number of halogens is 1. The minimum absolute atomic E-state index is 0.0177. The van der Waals surface area contributed by atoms with E-state index in [1.54, 1.807) is 0 Å². The molecule has 0 bridgehead atoms. The summed E-state index contributed by atoms with van der Waals surface area (Å²) >= 11 is 0. The number of imidazole rings is 1. The molecule has 8 heteroatoms. The van der Waals surface area contributed by atoms with Crippen molar-refractivity contribution in [3.63, 3.8) is 0 Å². The zero-order valence-corrected chi connectivity index (χ0v) is 17.8. The molecule has 7 atom stereocenters. The average Bonchev–Trinajstić information content (AvgIpc) is 3.36. The maximum absolute atomic E-state index is 14.4. The Morgan fingerprint density at radius 2 is 2.07 bits per heavy atom. The van der Waals surface area contributed by atoms with Crippen LogP contribution in [0.4, 0.5) is 4.39 Å². The van der Waals surface area contributed by atoms with E-state index in [1.165, 1.54) is 0 Å². The summed E-state index contributed by atoms with van der Waals surface area (Å²) in [6.07, 6.45) is 7.38. The van der Waals surface area contributed by atoms with Crippen LogP contribution in [0, 0.1) is 11.8 Å². The summed E-state index contributed by atoms with van der Waals surface area (Å²) in [4.78, 5) is 30.0. The number of hydrogen-bond acceptors (Lipinski definition) is 4. The third-order valence-electron chi connectivity index (χ3n) is 8.09. The SMILES string of the molecule is CC1CCC(F)C2CC(C(=O)N[C@@H]3CCC[C@@H](N4CCn5c(c[nH]c5=O)C4)C3)NC12. The van der Waals surface area contributed by atoms with Gasteiger partial charge in [0.15, 0.2) is 0 Å². The van der Waals surface area contributed by atoms with Gasteiger partial charge in [0, 0.05) is 49.9 Å². The average molecular weight is 420 g/mol. The minimum atomic E-state index is -0.777. The standard InChI is InChI=1S/C22H34FN5O2/c1-13-5-6-18(23)17-10-19(26-20(13)17)21(29)25-14-3-2-4-15(9-14)27-7-8-28-16(12-27)11-24-22(28)30/h11,13-15,17-20,26H,2-10,12H2,1H3,(H,24,30)(H,25,29)/t13?,14-,15-,17?,18?,19?,20?/m1/s1. The Balaban J connectivity index is 1.17. The molecule has 5 rings (SSSR count). The lowest BCUT2D eigenvalue weighted by Gasteiger charge is -2.40. The predicted molar refractivity (Wildman–Crippen MR) is 112 cm³/mol. The number of fused-ring (bicyclic) bond motifs is 2. The molecule has 1 saturated heterocycles. The van der Waals surface area contributed by atoms with Gasteiger partial charge in [-0.3, -0.25) is 14.3 Å². The van der Waals surface area contributed by atoms with E-state index in [9.17, 15) is 14.0 Å². The molecule has 2 aliphatic carbocycles. The van der Waals surface area contributed by atoms with E-state index >= 15 is 0 Å². The molecule has 2 saturated carbocycles. The highest BCUT2D eigenvalue weighted by Crippen LogP contribution is 2.38. The highest BCUT2D eigenvalue weighted by Gasteiger charge is 2.46. The Bertz CT molecular complexity index is 820. The molecule has 1 aromatic rings. The number of rotatable bonds is 3. The van der Waals surface area contributed by atoms with Crippen LogP contribution in [0.15, 0.2) is 11.0 Å². The molecule has 3 fully saturated rings. The van der Waals surface area contributed by atoms with Gasteiger partial charge in [-0.05, 0) is 50.9 Å². The second-order valence-electron chi connectivity index (χ2n) is 9.95. The summed E-state index contributed by atoms with van der Waals surface area (Å²) in [5.41, 5.74) is 1.03. The fraction of sp³-hybridized carbons (Fsp3) is 0.818. The Kier molecular flexibility index (Phi) is 5.47. The van der Waals surface area contributed by atoms with Gasteiger partial charge in [0.1, 0.15) is 6.17 Å². The summed E-state index contributed by atoms with van der Waals surface area (Å²) in [5.74, 6) is 0.465. The van der Waals surface area contributed by atoms with E-state index in [2.05, 4.69) is 27.4 Å². The first-order valence-electron chi connectivity index (χ1n) is 11.7. The number of carbonyl (C=O) groups excluding carboxylic acids is 1. The first kappa shape index (κ1) is 20.2. The van der Waals surface area contributed by atoms with Gasteiger partial charge in [-0.25, -0.2) is 9.18 Å². The molecule has 1 amide bonds. The van der Waals surface area contributed by atoms with Crippen molar-refractivity contribution >= 4 is 5.91 Å². The Labute approximate surface area is 176 Å². The van der Waals surface area contributed by atoms with Gasteiger partial charge in [-0.2, -0.15) is 0 Å². The van der Waals surface area contributed by atoms with Crippen molar-refractivity contribution in [2.24, 2.45) is 11.8 Å². The maximum Gasteiger partial charge on any atom is 0.325 e. The van der Waals surface area contributed by atoms with Crippen molar-refractivity contribution in [1.82, 2.24) is 25.1 Å². The largest absolute Gasteiger partial charge is 0.352 e. The van der Waals surface area contributed by atoms with Crippen LogP contribution in [-0.2, 0) is 17.9 Å². The fourth-order valence-corrected chi connectivity index (χ4v) is 6.36. The third-order valence-corrected chi connectivity index (χ3v) is 8.09. The fourth-order valence-electron chi connectivity index (χ4n) is 6.36. The first-order valence-corrected chi connectivity index (χ1v) is 11.7. The number of H-pyrrole nitrogens is 1. The van der Waals surface area contributed by atoms with Crippen LogP contribution in [0.2, 0.25) is 0 Å². The molecule has 166 valence electrons. The number of amides is 1. The lowest BCUT2D eigenvalue weighted by molar-refractivity contribution is -0.124. The van der Waals surface area contributed by atoms with Crippen molar-refractivity contribution in [2.75, 3.05) is 6.54 Å². The van der Waals surface area contributed by atoms with Crippen LogP contribution in [0.3, 0.4) is 0 Å². The maximum atomic E-state index is 14.4. The van der Waals surface area contributed by atoms with E-state index < -0.39 is 6.17 Å². The topological polar surface area (TPSA) is 82.2 Å². The molecule has 0 radical (unpaired) electrons. The molecule has 2 aliphatic heterocycles. The van der Waals surface area contributed by atoms with Gasteiger partial charge < -0.3 is 15.6 Å². The van der Waals surface area contributed by atoms with Gasteiger partial charge in [0.25, 0.3) is 0 Å². The lowest BCUT2D eigenvalue weighted by Crippen LogP contribution is -2.52. The van der Waals surface area contributed by atoms with Crippen LogP contribution in [0.25, 0.3) is 0 Å². The molecule has 7 nitrogen and oxygen atoms in total. The normalized spacial score (nSPS) is 39.3. The van der Waals surface area contributed by atoms with Crippen LogP contribution in [-0.4, -0.2) is 57.2 Å². The Morgan fingerprint density at radius 1 is 1.20 bits per heavy atom. The van der Waals surface area contributed by atoms with Crippen LogP contribution < -0.4 is 16.3 Å². The number of aromatic amines is 1. The van der Waals surface area contributed by atoms with E-state index in [1.807, 2.05) is 10.8 Å². The number of nitrogens with one attached hydrogen (secondary N) is 3. The Hall–Kier alpha value is -1.67. The number of carbonyl (C=O) groups is 1. The zero-order chi connectivity index (χ0) is 20.8. The summed E-state index contributed by atoms with van der Waals surface area (Å²) in [7, 11) is 0. The molecule has 1 aromatic heterocycles. The van der Waals surface area contributed by atoms with Crippen molar-refractivity contribution < 1.29 is 9.18 Å². The van der Waals surface area contributed by atoms with Gasteiger partial charge >= 0.3 is 5.69 Å². The zero-order valence-electron chi connectivity index (χ0n) is 17.8. The summed E-state index contributed by atoms with van der Waals surface area (Å²) in [6.45, 7) is 4.56. The summed E-state index contributed by atoms with van der Waals surface area (Å²) in [6, 6.07) is 0.478. The predicted octanol–water partition coefficient (Wildman–Crippen LogP) is 1.53. The molecular weight excluding hydrogens is 385 g/mol. The van der Waals surface area contributed by atoms with Crippen LogP contribution in [0.1, 0.15) is 57.6 Å². The number of aromatic nitrogens is 2. The smallest absolute Gasteiger partial charge is 0.325 e. The van der Waals surface area contributed by atoms with Gasteiger partial charge in [0.2, 0.25) is 5.91 Å². The van der Waals surface area contributed by atoms with Crippen LogP contribution in [0.5, 0.6) is 0 Å². The second kappa shape index (κ2) is 8.11. The van der Waals surface area contributed by atoms with Crippen LogP contribution >= 0.6 is 0 Å². The van der Waals surface area contributed by atoms with E-state index in [0.717, 1.165) is 57.4 Å². The van der Waals surface area contributed by atoms with Crippen molar-refractivity contribution in [1.29, 1.82) is 0 Å². The second-order valence-corrected chi connectivity index (χ2v) is 9.95.